The number of phenols is 1. The van der Waals surface area contributed by atoms with Crippen LogP contribution >= 0.6 is 0 Å². The van der Waals surface area contributed by atoms with E-state index in [1.165, 1.54) is 31.2 Å². The second-order valence-electron chi connectivity index (χ2n) is 8.38. The van der Waals surface area contributed by atoms with Gasteiger partial charge in [-0.05, 0) is 90.4 Å². The fraction of sp³-hybridized carbons (Fsp3) is 0.700. The van der Waals surface area contributed by atoms with Gasteiger partial charge in [-0.2, -0.15) is 0 Å². The van der Waals surface area contributed by atoms with E-state index in [9.17, 15) is 5.11 Å². The van der Waals surface area contributed by atoms with Crippen LogP contribution < -0.4 is 0 Å². The molecule has 1 aromatic carbocycles. The fourth-order valence-electron chi connectivity index (χ4n) is 6.23. The highest BCUT2D eigenvalue weighted by atomic mass is 16.3. The molecule has 1 heteroatoms. The van der Waals surface area contributed by atoms with E-state index in [0.717, 1.165) is 36.0 Å². The lowest BCUT2D eigenvalue weighted by Gasteiger charge is -2.53. The average molecular weight is 284 g/mol. The number of hydrogen-bond donors (Lipinski definition) is 1. The number of hydrogen-bond acceptors (Lipinski definition) is 1. The van der Waals surface area contributed by atoms with E-state index in [4.69, 9.17) is 0 Å². The van der Waals surface area contributed by atoms with Crippen molar-refractivity contribution < 1.29 is 5.11 Å². The second-order valence-corrected chi connectivity index (χ2v) is 8.38. The van der Waals surface area contributed by atoms with Gasteiger partial charge in [0.1, 0.15) is 5.75 Å². The maximum Gasteiger partial charge on any atom is 0.115 e. The molecule has 1 aromatic rings. The third-order valence-electron chi connectivity index (χ3n) is 7.53. The molecule has 1 N–H and O–H groups in total. The molecule has 0 radical (unpaired) electrons. The smallest absolute Gasteiger partial charge is 0.115 e. The number of aromatic hydroxyl groups is 1. The molecule has 1 nitrogen and oxygen atoms in total. The SMILES string of the molecule is C[C@@H]1Cc2cc(O)ccc2C2CC[C@@]3(C)C(CC[C@@H]3C)C21. The summed E-state index contributed by atoms with van der Waals surface area (Å²) in [5.41, 5.74) is 3.56. The molecule has 6 atom stereocenters. The molecule has 0 heterocycles. The molecular formula is C20H28O. The summed E-state index contributed by atoms with van der Waals surface area (Å²) in [5, 5.41) is 9.80. The molecule has 0 bridgehead atoms. The van der Waals surface area contributed by atoms with E-state index in [1.807, 2.05) is 12.1 Å². The number of fused-ring (bicyclic) bond motifs is 5. The van der Waals surface area contributed by atoms with Gasteiger partial charge in [-0.25, -0.2) is 0 Å². The van der Waals surface area contributed by atoms with Crippen molar-refractivity contribution in [2.75, 3.05) is 0 Å². The van der Waals surface area contributed by atoms with Crippen molar-refractivity contribution in [1.82, 2.24) is 0 Å². The van der Waals surface area contributed by atoms with Gasteiger partial charge >= 0.3 is 0 Å². The number of phenolic OH excluding ortho intramolecular Hbond substituents is 1. The minimum atomic E-state index is 0.439. The van der Waals surface area contributed by atoms with Gasteiger partial charge in [0, 0.05) is 0 Å². The second kappa shape index (κ2) is 4.51. The zero-order chi connectivity index (χ0) is 14.8. The van der Waals surface area contributed by atoms with Crippen molar-refractivity contribution in [3.05, 3.63) is 29.3 Å². The highest BCUT2D eigenvalue weighted by Gasteiger charge is 2.54. The van der Waals surface area contributed by atoms with Crippen LogP contribution in [0.15, 0.2) is 18.2 Å². The third kappa shape index (κ3) is 1.82. The van der Waals surface area contributed by atoms with Crippen LogP contribution in [0.3, 0.4) is 0 Å². The van der Waals surface area contributed by atoms with Crippen LogP contribution in [0.25, 0.3) is 0 Å². The summed E-state index contributed by atoms with van der Waals surface area (Å²) in [4.78, 5) is 0. The molecule has 0 amide bonds. The summed E-state index contributed by atoms with van der Waals surface area (Å²) >= 11 is 0. The zero-order valence-electron chi connectivity index (χ0n) is 13.6. The Morgan fingerprint density at radius 1 is 1.14 bits per heavy atom. The van der Waals surface area contributed by atoms with E-state index in [1.54, 1.807) is 5.56 Å². The van der Waals surface area contributed by atoms with Gasteiger partial charge in [0.05, 0.1) is 0 Å². The van der Waals surface area contributed by atoms with Crippen molar-refractivity contribution in [2.45, 2.75) is 58.8 Å². The average Bonchev–Trinajstić information content (AvgIpc) is 2.74. The van der Waals surface area contributed by atoms with E-state index in [-0.39, 0.29) is 0 Å². The van der Waals surface area contributed by atoms with E-state index in [2.05, 4.69) is 26.8 Å². The molecule has 3 unspecified atom stereocenters. The van der Waals surface area contributed by atoms with Crippen LogP contribution in [-0.4, -0.2) is 5.11 Å². The predicted octanol–water partition coefficient (Wildman–Crippen LogP) is 5.13. The molecule has 2 saturated carbocycles. The molecule has 0 aliphatic heterocycles. The summed E-state index contributed by atoms with van der Waals surface area (Å²) < 4.78 is 0. The van der Waals surface area contributed by atoms with Crippen LogP contribution in [0.4, 0.5) is 0 Å². The van der Waals surface area contributed by atoms with Gasteiger partial charge < -0.3 is 5.11 Å². The zero-order valence-corrected chi connectivity index (χ0v) is 13.6. The van der Waals surface area contributed by atoms with Gasteiger partial charge in [0.2, 0.25) is 0 Å². The lowest BCUT2D eigenvalue weighted by Crippen LogP contribution is -2.44. The van der Waals surface area contributed by atoms with Crippen LogP contribution in [0, 0.1) is 29.1 Å². The highest BCUT2D eigenvalue weighted by Crippen LogP contribution is 2.63. The summed E-state index contributed by atoms with van der Waals surface area (Å²) in [6.07, 6.45) is 6.78. The first-order valence-corrected chi connectivity index (χ1v) is 8.82. The van der Waals surface area contributed by atoms with Crippen molar-refractivity contribution in [3.8, 4) is 5.75 Å². The molecule has 0 saturated heterocycles. The van der Waals surface area contributed by atoms with E-state index >= 15 is 0 Å². The quantitative estimate of drug-likeness (QED) is 0.700. The topological polar surface area (TPSA) is 20.2 Å². The first kappa shape index (κ1) is 13.7. The third-order valence-corrected chi connectivity index (χ3v) is 7.53. The van der Waals surface area contributed by atoms with Gasteiger partial charge in [0.15, 0.2) is 0 Å². The Bertz CT molecular complexity index is 563. The van der Waals surface area contributed by atoms with Gasteiger partial charge in [-0.3, -0.25) is 0 Å². The van der Waals surface area contributed by atoms with Crippen molar-refractivity contribution in [1.29, 1.82) is 0 Å². The molecule has 0 aromatic heterocycles. The first-order valence-electron chi connectivity index (χ1n) is 8.82. The highest BCUT2D eigenvalue weighted by molar-refractivity contribution is 5.40. The monoisotopic (exact) mass is 284 g/mol. The Labute approximate surface area is 128 Å². The number of benzene rings is 1. The minimum absolute atomic E-state index is 0.439. The minimum Gasteiger partial charge on any atom is -0.508 e. The Kier molecular flexibility index (Phi) is 2.93. The summed E-state index contributed by atoms with van der Waals surface area (Å²) in [5.74, 6) is 4.63. The maximum atomic E-state index is 9.80. The van der Waals surface area contributed by atoms with Crippen LogP contribution in [0.5, 0.6) is 5.75 Å². The standard InChI is InChI=1S/C20H28O/c1-12-10-14-11-15(21)5-6-16(14)17-8-9-20(3)13(2)4-7-18(20)19(12)17/h5-6,11-13,17-19,21H,4,7-10H2,1-3H3/t12-,13+,17?,18?,19?,20-/m1/s1. The van der Waals surface area contributed by atoms with E-state index in [0.29, 0.717) is 11.2 Å². The Balaban J connectivity index is 1.76. The fourth-order valence-corrected chi connectivity index (χ4v) is 6.23. The molecule has 3 aliphatic rings. The maximum absolute atomic E-state index is 9.80. The van der Waals surface area contributed by atoms with Crippen LogP contribution in [0.2, 0.25) is 0 Å². The molecule has 3 aliphatic carbocycles. The van der Waals surface area contributed by atoms with Gasteiger partial charge in [0.25, 0.3) is 0 Å². The van der Waals surface area contributed by atoms with Gasteiger partial charge in [-0.15, -0.1) is 0 Å². The summed E-state index contributed by atoms with van der Waals surface area (Å²) in [6, 6.07) is 6.14. The van der Waals surface area contributed by atoms with E-state index < -0.39 is 0 Å². The van der Waals surface area contributed by atoms with Crippen LogP contribution in [-0.2, 0) is 6.42 Å². The first-order chi connectivity index (χ1) is 10.0. The summed E-state index contributed by atoms with van der Waals surface area (Å²) in [7, 11) is 0. The Hall–Kier alpha value is -0.980. The molecule has 0 spiro atoms. The van der Waals surface area contributed by atoms with Crippen molar-refractivity contribution in [2.24, 2.45) is 29.1 Å². The lowest BCUT2D eigenvalue weighted by molar-refractivity contribution is 0.00998. The largest absolute Gasteiger partial charge is 0.508 e. The number of rotatable bonds is 0. The molecule has 114 valence electrons. The predicted molar refractivity (Wildman–Crippen MR) is 86.4 cm³/mol. The van der Waals surface area contributed by atoms with Crippen molar-refractivity contribution >= 4 is 0 Å². The lowest BCUT2D eigenvalue weighted by atomic mass is 9.52. The molecular weight excluding hydrogens is 256 g/mol. The molecule has 4 rings (SSSR count). The Morgan fingerprint density at radius 3 is 2.76 bits per heavy atom. The summed E-state index contributed by atoms with van der Waals surface area (Å²) in [6.45, 7) is 7.52. The van der Waals surface area contributed by atoms with Crippen LogP contribution in [0.1, 0.15) is 63.5 Å². The Morgan fingerprint density at radius 2 is 1.95 bits per heavy atom. The molecule has 21 heavy (non-hydrogen) atoms. The molecule has 2 fully saturated rings. The van der Waals surface area contributed by atoms with Crippen molar-refractivity contribution in [3.63, 3.8) is 0 Å². The van der Waals surface area contributed by atoms with Gasteiger partial charge in [-0.1, -0.05) is 26.8 Å². The normalized spacial score (nSPS) is 44.8.